The van der Waals surface area contributed by atoms with Crippen LogP contribution in [0.25, 0.3) is 16.9 Å². The van der Waals surface area contributed by atoms with Crippen molar-refractivity contribution in [1.29, 1.82) is 0 Å². The first kappa shape index (κ1) is 17.5. The molecule has 6 nitrogen and oxygen atoms in total. The molecule has 2 aromatic heterocycles. The Labute approximate surface area is 155 Å². The monoisotopic (exact) mass is 368 g/mol. The van der Waals surface area contributed by atoms with Crippen LogP contribution in [0.5, 0.6) is 0 Å². The maximum absolute atomic E-state index is 13.3. The van der Waals surface area contributed by atoms with Gasteiger partial charge in [0.05, 0.1) is 11.2 Å². The molecule has 0 radical (unpaired) electrons. The second kappa shape index (κ2) is 6.98. The summed E-state index contributed by atoms with van der Waals surface area (Å²) in [4.78, 5) is 32.0. The van der Waals surface area contributed by atoms with Crippen molar-refractivity contribution in [2.45, 2.75) is 26.3 Å². The molecule has 0 saturated carbocycles. The highest BCUT2D eigenvalue weighted by Crippen LogP contribution is 2.18. The Morgan fingerprint density at radius 3 is 2.59 bits per heavy atom. The van der Waals surface area contributed by atoms with Gasteiger partial charge in [-0.15, -0.1) is 0 Å². The molecule has 140 valence electrons. The molecule has 3 heterocycles. The molecule has 0 unspecified atom stereocenters. The van der Waals surface area contributed by atoms with E-state index in [4.69, 9.17) is 0 Å². The van der Waals surface area contributed by atoms with Gasteiger partial charge in [-0.25, -0.2) is 18.7 Å². The van der Waals surface area contributed by atoms with E-state index in [0.29, 0.717) is 22.8 Å². The Kier molecular flexibility index (Phi) is 4.51. The van der Waals surface area contributed by atoms with E-state index in [0.717, 1.165) is 25.9 Å². The molecule has 0 spiro atoms. The largest absolute Gasteiger partial charge is 0.341 e. The fraction of sp³-hybridized carbons (Fsp3) is 0.350. The molecular formula is C20H21FN4O2. The third kappa shape index (κ3) is 3.25. The van der Waals surface area contributed by atoms with E-state index in [-0.39, 0.29) is 24.0 Å². The van der Waals surface area contributed by atoms with Crippen molar-refractivity contribution in [3.8, 4) is 5.69 Å². The number of rotatable bonds is 3. The number of fused-ring (bicyclic) bond motifs is 1. The van der Waals surface area contributed by atoms with Crippen molar-refractivity contribution >= 4 is 17.1 Å². The zero-order valence-electron chi connectivity index (χ0n) is 15.1. The number of carbonyl (C=O) groups is 1. The molecule has 7 heteroatoms. The van der Waals surface area contributed by atoms with Crippen LogP contribution in [-0.4, -0.2) is 38.0 Å². The summed E-state index contributed by atoms with van der Waals surface area (Å²) in [6.45, 7) is 3.62. The summed E-state index contributed by atoms with van der Waals surface area (Å²) < 4.78 is 16.1. The lowest BCUT2D eigenvalue weighted by Crippen LogP contribution is -2.41. The Balaban J connectivity index is 1.73. The van der Waals surface area contributed by atoms with E-state index in [1.807, 2.05) is 4.90 Å². The van der Waals surface area contributed by atoms with E-state index in [1.165, 1.54) is 33.4 Å². The molecule has 1 aliphatic heterocycles. The van der Waals surface area contributed by atoms with Gasteiger partial charge in [0.1, 0.15) is 12.4 Å². The predicted molar refractivity (Wildman–Crippen MR) is 100 cm³/mol. The number of nitrogens with zero attached hydrogens (tertiary/aromatic N) is 4. The summed E-state index contributed by atoms with van der Waals surface area (Å²) in [5, 5.41) is 0. The molecule has 0 N–H and O–H groups in total. The second-order valence-electron chi connectivity index (χ2n) is 7.09. The smallest absolute Gasteiger partial charge is 0.335 e. The number of aromatic nitrogens is 3. The lowest BCUT2D eigenvalue weighted by atomic mass is 9.99. The van der Waals surface area contributed by atoms with Crippen LogP contribution in [0.2, 0.25) is 0 Å². The van der Waals surface area contributed by atoms with Crippen LogP contribution in [0.15, 0.2) is 47.4 Å². The van der Waals surface area contributed by atoms with Gasteiger partial charge in [0, 0.05) is 19.3 Å². The molecule has 1 saturated heterocycles. The average molecular weight is 368 g/mol. The minimum atomic E-state index is -0.377. The Morgan fingerprint density at radius 1 is 1.19 bits per heavy atom. The van der Waals surface area contributed by atoms with Gasteiger partial charge in [-0.2, -0.15) is 0 Å². The van der Waals surface area contributed by atoms with E-state index in [9.17, 15) is 14.0 Å². The average Bonchev–Trinajstić information content (AvgIpc) is 2.95. The summed E-state index contributed by atoms with van der Waals surface area (Å²) in [5.41, 5.74) is 1.21. The highest BCUT2D eigenvalue weighted by molar-refractivity contribution is 5.80. The summed E-state index contributed by atoms with van der Waals surface area (Å²) in [5.74, 6) is 0.186. The summed E-state index contributed by atoms with van der Waals surface area (Å²) in [6, 6.07) is 9.17. The van der Waals surface area contributed by atoms with Crippen molar-refractivity contribution in [2.24, 2.45) is 5.92 Å². The Hall–Kier alpha value is -2.96. The number of halogens is 1. The number of piperidine rings is 1. The van der Waals surface area contributed by atoms with Gasteiger partial charge in [-0.3, -0.25) is 9.36 Å². The Bertz CT molecular complexity index is 1030. The minimum Gasteiger partial charge on any atom is -0.341 e. The minimum absolute atomic E-state index is 0.0242. The van der Waals surface area contributed by atoms with Gasteiger partial charge >= 0.3 is 5.69 Å². The van der Waals surface area contributed by atoms with Crippen LogP contribution in [0.3, 0.4) is 0 Å². The van der Waals surface area contributed by atoms with Crippen molar-refractivity contribution in [2.75, 3.05) is 13.1 Å². The van der Waals surface area contributed by atoms with Gasteiger partial charge in [0.2, 0.25) is 5.91 Å². The predicted octanol–water partition coefficient (Wildman–Crippen LogP) is 2.58. The van der Waals surface area contributed by atoms with Crippen molar-refractivity contribution in [1.82, 2.24) is 19.0 Å². The molecule has 1 aromatic carbocycles. The Morgan fingerprint density at radius 2 is 1.89 bits per heavy atom. The number of pyridine rings is 1. The van der Waals surface area contributed by atoms with Gasteiger partial charge < -0.3 is 4.90 Å². The van der Waals surface area contributed by atoms with Crippen molar-refractivity contribution in [3.63, 3.8) is 0 Å². The number of amides is 1. The lowest BCUT2D eigenvalue weighted by Gasteiger charge is -2.30. The van der Waals surface area contributed by atoms with E-state index < -0.39 is 0 Å². The maximum atomic E-state index is 13.3. The molecule has 27 heavy (non-hydrogen) atoms. The first-order valence-corrected chi connectivity index (χ1v) is 9.14. The van der Waals surface area contributed by atoms with Crippen LogP contribution in [0.1, 0.15) is 19.8 Å². The highest BCUT2D eigenvalue weighted by atomic mass is 19.1. The maximum Gasteiger partial charge on any atom is 0.335 e. The number of hydrogen-bond donors (Lipinski definition) is 0. The third-order valence-corrected chi connectivity index (χ3v) is 5.21. The standard InChI is InChI=1S/C20H21FN4O2/c1-14-8-11-23(12-9-14)18(26)13-24-17-3-2-10-22-19(17)25(20(24)27)16-6-4-15(21)5-7-16/h2-7,10,14H,8-9,11-13H2,1H3. The van der Waals surface area contributed by atoms with Crippen LogP contribution >= 0.6 is 0 Å². The molecular weight excluding hydrogens is 347 g/mol. The number of hydrogen-bond acceptors (Lipinski definition) is 3. The normalized spacial score (nSPS) is 15.4. The lowest BCUT2D eigenvalue weighted by molar-refractivity contribution is -0.133. The molecule has 0 atom stereocenters. The van der Waals surface area contributed by atoms with Gasteiger partial charge in [-0.05, 0) is 55.2 Å². The number of carbonyl (C=O) groups excluding carboxylic acids is 1. The summed E-state index contributed by atoms with van der Waals surface area (Å²) >= 11 is 0. The molecule has 0 aliphatic carbocycles. The van der Waals surface area contributed by atoms with E-state index in [1.54, 1.807) is 18.3 Å². The van der Waals surface area contributed by atoms with Gasteiger partial charge in [0.15, 0.2) is 5.65 Å². The molecule has 0 bridgehead atoms. The van der Waals surface area contributed by atoms with Crippen LogP contribution in [-0.2, 0) is 11.3 Å². The molecule has 1 fully saturated rings. The van der Waals surface area contributed by atoms with Crippen LogP contribution in [0.4, 0.5) is 4.39 Å². The fourth-order valence-corrected chi connectivity index (χ4v) is 3.55. The molecule has 4 rings (SSSR count). The molecule has 1 aliphatic rings. The van der Waals surface area contributed by atoms with E-state index >= 15 is 0 Å². The number of benzene rings is 1. The molecule has 3 aromatic rings. The topological polar surface area (TPSA) is 60.1 Å². The molecule has 1 amide bonds. The number of imidazole rings is 1. The van der Waals surface area contributed by atoms with Gasteiger partial charge in [-0.1, -0.05) is 6.92 Å². The summed E-state index contributed by atoms with van der Waals surface area (Å²) in [6.07, 6.45) is 3.57. The van der Waals surface area contributed by atoms with Crippen molar-refractivity contribution < 1.29 is 9.18 Å². The first-order chi connectivity index (χ1) is 13.0. The highest BCUT2D eigenvalue weighted by Gasteiger charge is 2.23. The summed E-state index contributed by atoms with van der Waals surface area (Å²) in [7, 11) is 0. The van der Waals surface area contributed by atoms with Crippen LogP contribution in [0, 0.1) is 11.7 Å². The first-order valence-electron chi connectivity index (χ1n) is 9.14. The van der Waals surface area contributed by atoms with Crippen molar-refractivity contribution in [3.05, 3.63) is 58.9 Å². The third-order valence-electron chi connectivity index (χ3n) is 5.21. The second-order valence-corrected chi connectivity index (χ2v) is 7.09. The zero-order valence-corrected chi connectivity index (χ0v) is 15.1. The zero-order chi connectivity index (χ0) is 19.0. The number of likely N-dealkylation sites (tertiary alicyclic amines) is 1. The quantitative estimate of drug-likeness (QED) is 0.714. The van der Waals surface area contributed by atoms with E-state index in [2.05, 4.69) is 11.9 Å². The SMILES string of the molecule is CC1CCN(C(=O)Cn2c(=O)n(-c3ccc(F)cc3)c3ncccc32)CC1. The van der Waals surface area contributed by atoms with Gasteiger partial charge in [0.25, 0.3) is 0 Å². The van der Waals surface area contributed by atoms with Crippen LogP contribution < -0.4 is 5.69 Å². The fourth-order valence-electron chi connectivity index (χ4n) is 3.55.